The van der Waals surface area contributed by atoms with Gasteiger partial charge in [0.25, 0.3) is 0 Å². The number of carbonyl (C=O) groups excluding carboxylic acids is 2. The number of hydrogen-bond donors (Lipinski definition) is 2. The lowest BCUT2D eigenvalue weighted by Crippen LogP contribution is -2.37. The molecule has 1 aliphatic rings. The molecule has 0 aromatic heterocycles. The van der Waals surface area contributed by atoms with Crippen LogP contribution in [0.4, 0.5) is 0 Å². The maximum atomic E-state index is 12.5. The quantitative estimate of drug-likeness (QED) is 0.394. The molecule has 1 saturated heterocycles. The fourth-order valence-corrected chi connectivity index (χ4v) is 4.79. The zero-order valence-corrected chi connectivity index (χ0v) is 22.8. The van der Waals surface area contributed by atoms with Crippen molar-refractivity contribution in [2.24, 2.45) is 0 Å². The van der Waals surface area contributed by atoms with E-state index in [1.807, 2.05) is 0 Å². The number of rotatable bonds is 12. The van der Waals surface area contributed by atoms with Gasteiger partial charge in [0.1, 0.15) is 5.78 Å². The molecule has 6 nitrogen and oxygen atoms in total. The third kappa shape index (κ3) is 18.4. The van der Waals surface area contributed by atoms with Crippen molar-refractivity contribution >= 4 is 11.7 Å². The van der Waals surface area contributed by atoms with Gasteiger partial charge in [-0.2, -0.15) is 0 Å². The highest BCUT2D eigenvalue weighted by molar-refractivity contribution is 5.78. The molecule has 0 unspecified atom stereocenters. The molecule has 200 valence electrons. The smallest absolute Gasteiger partial charge is 0.221 e. The van der Waals surface area contributed by atoms with Crippen LogP contribution in [0.3, 0.4) is 0 Å². The van der Waals surface area contributed by atoms with Crippen LogP contribution in [-0.4, -0.2) is 80.9 Å². The molecule has 0 aromatic carbocycles. The van der Waals surface area contributed by atoms with Crippen molar-refractivity contribution in [3.63, 3.8) is 0 Å². The van der Waals surface area contributed by atoms with E-state index < -0.39 is 0 Å². The van der Waals surface area contributed by atoms with E-state index in [-0.39, 0.29) is 11.9 Å². The van der Waals surface area contributed by atoms with E-state index in [0.29, 0.717) is 12.2 Å². The van der Waals surface area contributed by atoms with Gasteiger partial charge in [-0.15, -0.1) is 0 Å². The van der Waals surface area contributed by atoms with Gasteiger partial charge in [0, 0.05) is 31.8 Å². The van der Waals surface area contributed by atoms with Gasteiger partial charge in [-0.05, 0) is 91.8 Å². The Balaban J connectivity index is 2.27. The summed E-state index contributed by atoms with van der Waals surface area (Å²) < 4.78 is 0. The van der Waals surface area contributed by atoms with E-state index in [1.54, 1.807) is 0 Å². The van der Waals surface area contributed by atoms with Gasteiger partial charge in [0.05, 0.1) is 0 Å². The summed E-state index contributed by atoms with van der Waals surface area (Å²) in [4.78, 5) is 28.9. The monoisotopic (exact) mass is 480 g/mol. The summed E-state index contributed by atoms with van der Waals surface area (Å²) in [7, 11) is 4.42. The first-order valence-corrected chi connectivity index (χ1v) is 14.4. The Morgan fingerprint density at radius 1 is 0.794 bits per heavy atom. The van der Waals surface area contributed by atoms with E-state index in [0.717, 1.165) is 77.7 Å². The molecular weight excluding hydrogens is 424 g/mol. The molecule has 0 radical (unpaired) electrons. The van der Waals surface area contributed by atoms with Crippen LogP contribution in [-0.2, 0) is 9.59 Å². The summed E-state index contributed by atoms with van der Waals surface area (Å²) in [6.07, 6.45) is 17.3. The summed E-state index contributed by atoms with van der Waals surface area (Å²) in [5, 5.41) is 6.83. The van der Waals surface area contributed by atoms with E-state index in [1.165, 1.54) is 57.9 Å². The van der Waals surface area contributed by atoms with E-state index >= 15 is 0 Å². The van der Waals surface area contributed by atoms with Crippen LogP contribution in [0.2, 0.25) is 0 Å². The average Bonchev–Trinajstić information content (AvgIpc) is 2.80. The lowest BCUT2D eigenvalue weighted by molar-refractivity contribution is -0.121. The van der Waals surface area contributed by atoms with Gasteiger partial charge in [0.15, 0.2) is 0 Å². The highest BCUT2D eigenvalue weighted by atomic mass is 16.1. The summed E-state index contributed by atoms with van der Waals surface area (Å²) in [5.74, 6) is 0.627. The molecule has 0 aliphatic carbocycles. The molecule has 0 bridgehead atoms. The molecule has 1 heterocycles. The van der Waals surface area contributed by atoms with Crippen LogP contribution in [0.1, 0.15) is 110 Å². The third-order valence-corrected chi connectivity index (χ3v) is 6.99. The minimum absolute atomic E-state index is 0.194. The topological polar surface area (TPSA) is 64.7 Å². The minimum Gasteiger partial charge on any atom is -0.356 e. The molecule has 1 amide bonds. The molecule has 2 N–H and O–H groups in total. The maximum absolute atomic E-state index is 12.5. The number of unbranched alkanes of at least 4 members (excludes halogenated alkanes) is 6. The molecule has 1 atom stereocenters. The first-order chi connectivity index (χ1) is 16.5. The summed E-state index contributed by atoms with van der Waals surface area (Å²) in [6.45, 7) is 8.32. The first-order valence-electron chi connectivity index (χ1n) is 14.4. The summed E-state index contributed by atoms with van der Waals surface area (Å²) >= 11 is 0. The van der Waals surface area contributed by atoms with E-state index in [9.17, 15) is 9.59 Å². The van der Waals surface area contributed by atoms with Crippen LogP contribution < -0.4 is 10.6 Å². The summed E-state index contributed by atoms with van der Waals surface area (Å²) in [6, 6.07) is 0.285. The minimum atomic E-state index is 0.194. The van der Waals surface area contributed by atoms with Gasteiger partial charge in [-0.3, -0.25) is 9.59 Å². The Bertz CT molecular complexity index is 515. The standard InChI is InChI=1S/C28H56N4O2/c1-4-16-27(33)18-11-9-7-5-6-8-10-17-26-25-28(34)30-20-15-24-32(3)22-13-12-21-31(2)23-14-19-29-26/h26,29H,4-25H2,1-3H3,(H,30,34)/t26-/m1/s1. The Morgan fingerprint density at radius 3 is 2.00 bits per heavy atom. The number of amides is 1. The first kappa shape index (κ1) is 31.1. The van der Waals surface area contributed by atoms with Crippen LogP contribution >= 0.6 is 0 Å². The molecule has 0 spiro atoms. The normalized spacial score (nSPS) is 21.1. The zero-order chi connectivity index (χ0) is 24.9. The van der Waals surface area contributed by atoms with E-state index in [2.05, 4.69) is 41.5 Å². The van der Waals surface area contributed by atoms with Crippen molar-refractivity contribution in [1.29, 1.82) is 0 Å². The van der Waals surface area contributed by atoms with Crippen molar-refractivity contribution < 1.29 is 9.59 Å². The lowest BCUT2D eigenvalue weighted by atomic mass is 10.0. The number of ketones is 1. The number of nitrogens with zero attached hydrogens (tertiary/aromatic N) is 2. The second-order valence-electron chi connectivity index (χ2n) is 10.5. The molecule has 0 saturated carbocycles. The second-order valence-corrected chi connectivity index (χ2v) is 10.5. The van der Waals surface area contributed by atoms with Gasteiger partial charge in [-0.25, -0.2) is 0 Å². The maximum Gasteiger partial charge on any atom is 0.221 e. The van der Waals surface area contributed by atoms with Crippen molar-refractivity contribution in [3.05, 3.63) is 0 Å². The third-order valence-electron chi connectivity index (χ3n) is 6.99. The van der Waals surface area contributed by atoms with E-state index in [4.69, 9.17) is 0 Å². The number of nitrogens with one attached hydrogen (secondary N) is 2. The van der Waals surface area contributed by atoms with Gasteiger partial charge < -0.3 is 20.4 Å². The Labute approximate surface area is 211 Å². The van der Waals surface area contributed by atoms with Crippen LogP contribution in [0, 0.1) is 0 Å². The van der Waals surface area contributed by atoms with Crippen molar-refractivity contribution in [2.45, 2.75) is 116 Å². The number of hydrogen-bond acceptors (Lipinski definition) is 5. The Kier molecular flexibility index (Phi) is 19.5. The molecule has 1 rings (SSSR count). The predicted octanol–water partition coefficient (Wildman–Crippen LogP) is 4.77. The summed E-state index contributed by atoms with van der Waals surface area (Å²) in [5.41, 5.74) is 0. The molecule has 34 heavy (non-hydrogen) atoms. The van der Waals surface area contributed by atoms with Crippen molar-refractivity contribution in [1.82, 2.24) is 20.4 Å². The van der Waals surface area contributed by atoms with Gasteiger partial charge >= 0.3 is 0 Å². The number of Topliss-reactive ketones (excluding diaryl/α,β-unsaturated/α-hetero) is 1. The van der Waals surface area contributed by atoms with Crippen LogP contribution in [0.15, 0.2) is 0 Å². The Morgan fingerprint density at radius 2 is 1.35 bits per heavy atom. The highest BCUT2D eigenvalue weighted by Crippen LogP contribution is 2.13. The molecule has 6 heteroatoms. The molecule has 1 fully saturated rings. The number of carbonyl (C=O) groups is 2. The zero-order valence-electron chi connectivity index (χ0n) is 22.8. The lowest BCUT2D eigenvalue weighted by Gasteiger charge is -2.20. The highest BCUT2D eigenvalue weighted by Gasteiger charge is 2.13. The fourth-order valence-electron chi connectivity index (χ4n) is 4.79. The van der Waals surface area contributed by atoms with Crippen molar-refractivity contribution in [2.75, 3.05) is 53.4 Å². The second kappa shape index (κ2) is 21.3. The van der Waals surface area contributed by atoms with Crippen LogP contribution in [0.5, 0.6) is 0 Å². The van der Waals surface area contributed by atoms with Gasteiger partial charge in [-0.1, -0.05) is 45.4 Å². The molecule has 0 aromatic rings. The fraction of sp³-hybridized carbons (Fsp3) is 0.929. The van der Waals surface area contributed by atoms with Gasteiger partial charge in [0.2, 0.25) is 5.91 Å². The average molecular weight is 481 g/mol. The predicted molar refractivity (Wildman–Crippen MR) is 144 cm³/mol. The van der Waals surface area contributed by atoms with Crippen LogP contribution in [0.25, 0.3) is 0 Å². The largest absolute Gasteiger partial charge is 0.356 e. The molecule has 1 aliphatic heterocycles. The Hall–Kier alpha value is -0.980. The SMILES string of the molecule is CCCC(=O)CCCCCCCCC[C@@H]1CC(=O)NCCCN(C)CCCCN(C)CCCN1. The molecular formula is C28H56N4O2. The van der Waals surface area contributed by atoms with Crippen molar-refractivity contribution in [3.8, 4) is 0 Å².